The number of hydrogen-bond donors (Lipinski definition) is 1. The lowest BCUT2D eigenvalue weighted by atomic mass is 10.0. The molecule has 80 valence electrons. The molecule has 2 heterocycles. The molecule has 0 aliphatic carbocycles. The van der Waals surface area contributed by atoms with E-state index in [1.165, 1.54) is 18.1 Å². The molecule has 0 aromatic carbocycles. The average molecular weight is 220 g/mol. The van der Waals surface area contributed by atoms with Crippen LogP contribution in [0, 0.1) is 5.92 Å². The van der Waals surface area contributed by atoms with Gasteiger partial charge in [0.25, 0.3) is 0 Å². The first-order valence-corrected chi connectivity index (χ1v) is 6.24. The van der Waals surface area contributed by atoms with Gasteiger partial charge < -0.3 is 4.98 Å². The van der Waals surface area contributed by atoms with Crippen molar-refractivity contribution in [2.75, 3.05) is 6.16 Å². The van der Waals surface area contributed by atoms with Gasteiger partial charge in [0, 0.05) is 12.4 Å². The summed E-state index contributed by atoms with van der Waals surface area (Å²) in [5.74, 6) is 0.767. The zero-order valence-electron chi connectivity index (χ0n) is 9.03. The average Bonchev–Trinajstić information content (AvgIpc) is 2.69. The summed E-state index contributed by atoms with van der Waals surface area (Å²) >= 11 is 0. The van der Waals surface area contributed by atoms with Crippen LogP contribution in [0.2, 0.25) is 0 Å². The van der Waals surface area contributed by atoms with Crippen LogP contribution in [0.5, 0.6) is 0 Å². The monoisotopic (exact) mass is 220 g/mol. The van der Waals surface area contributed by atoms with E-state index in [0.717, 1.165) is 23.4 Å². The number of nitrogens with zero attached hydrogens (tertiary/aromatic N) is 1. The molecule has 1 N–H and O–H groups in total. The predicted octanol–water partition coefficient (Wildman–Crippen LogP) is 3.01. The van der Waals surface area contributed by atoms with Crippen LogP contribution in [0.3, 0.4) is 0 Å². The predicted molar refractivity (Wildman–Crippen MR) is 68.2 cm³/mol. The molecule has 2 aromatic heterocycles. The number of H-pyrrole nitrogens is 1. The summed E-state index contributed by atoms with van der Waals surface area (Å²) in [6.45, 7) is 2.29. The zero-order chi connectivity index (χ0) is 10.7. The van der Waals surface area contributed by atoms with E-state index in [4.69, 9.17) is 0 Å². The third kappa shape index (κ3) is 2.38. The molecule has 2 unspecified atom stereocenters. The molecule has 15 heavy (non-hydrogen) atoms. The van der Waals surface area contributed by atoms with Crippen LogP contribution >= 0.6 is 9.24 Å². The number of rotatable bonds is 4. The van der Waals surface area contributed by atoms with Crippen LogP contribution in [-0.4, -0.2) is 16.1 Å². The van der Waals surface area contributed by atoms with Gasteiger partial charge in [0.15, 0.2) is 0 Å². The molecule has 0 aliphatic heterocycles. The fourth-order valence-electron chi connectivity index (χ4n) is 1.72. The van der Waals surface area contributed by atoms with Gasteiger partial charge in [0.1, 0.15) is 0 Å². The minimum atomic E-state index is 0.767. The van der Waals surface area contributed by atoms with Gasteiger partial charge in [0.05, 0.1) is 11.0 Å². The van der Waals surface area contributed by atoms with E-state index in [-0.39, 0.29) is 0 Å². The summed E-state index contributed by atoms with van der Waals surface area (Å²) in [6.07, 6.45) is 7.47. The Bertz CT molecular complexity index is 436. The summed E-state index contributed by atoms with van der Waals surface area (Å²) in [7, 11) is 2.81. The molecule has 0 fully saturated rings. The Kier molecular flexibility index (Phi) is 3.37. The number of nitrogens with one attached hydrogen (secondary N) is 1. The highest BCUT2D eigenvalue weighted by Crippen LogP contribution is 2.18. The SMILES string of the molecule is CC(CP)CCc1c[nH]c2cccnc12. The van der Waals surface area contributed by atoms with Crippen LogP contribution in [0.15, 0.2) is 24.5 Å². The Morgan fingerprint density at radius 3 is 3.20 bits per heavy atom. The van der Waals surface area contributed by atoms with Gasteiger partial charge in [-0.3, -0.25) is 4.98 Å². The first-order chi connectivity index (χ1) is 7.31. The topological polar surface area (TPSA) is 28.7 Å². The molecule has 0 radical (unpaired) electrons. The van der Waals surface area contributed by atoms with Crippen LogP contribution in [0.25, 0.3) is 11.0 Å². The first kappa shape index (κ1) is 10.6. The van der Waals surface area contributed by atoms with E-state index in [9.17, 15) is 0 Å². The summed E-state index contributed by atoms with van der Waals surface area (Å²) in [4.78, 5) is 7.67. The highest BCUT2D eigenvalue weighted by Gasteiger charge is 2.05. The van der Waals surface area contributed by atoms with Gasteiger partial charge in [-0.2, -0.15) is 0 Å². The highest BCUT2D eigenvalue weighted by molar-refractivity contribution is 7.16. The second-order valence-electron chi connectivity index (χ2n) is 4.09. The second-order valence-corrected chi connectivity index (χ2v) is 4.56. The Hall–Kier alpha value is -0.880. The van der Waals surface area contributed by atoms with Crippen molar-refractivity contribution in [1.29, 1.82) is 0 Å². The smallest absolute Gasteiger partial charge is 0.0910 e. The molecular formula is C12H17N2P. The summed E-state index contributed by atoms with van der Waals surface area (Å²) in [5, 5.41) is 0. The van der Waals surface area contributed by atoms with Crippen molar-refractivity contribution < 1.29 is 0 Å². The van der Waals surface area contributed by atoms with Crippen LogP contribution in [0.1, 0.15) is 18.9 Å². The van der Waals surface area contributed by atoms with Crippen molar-refractivity contribution in [3.63, 3.8) is 0 Å². The van der Waals surface area contributed by atoms with Crippen molar-refractivity contribution in [3.05, 3.63) is 30.1 Å². The molecule has 2 aromatic rings. The molecule has 0 aliphatic rings. The fraction of sp³-hybridized carbons (Fsp3) is 0.417. The number of aromatic amines is 1. The standard InChI is InChI=1S/C12H17N2P/c1-9(8-15)4-5-10-7-14-11-3-2-6-13-12(10)11/h2-3,6-7,9,14H,4-5,8,15H2,1H3. The molecule has 3 heteroatoms. The third-order valence-corrected chi connectivity index (χ3v) is 3.63. The molecule has 2 rings (SSSR count). The quantitative estimate of drug-likeness (QED) is 0.788. The zero-order valence-corrected chi connectivity index (χ0v) is 10.2. The van der Waals surface area contributed by atoms with E-state index < -0.39 is 0 Å². The summed E-state index contributed by atoms with van der Waals surface area (Å²) in [6, 6.07) is 4.04. The maximum Gasteiger partial charge on any atom is 0.0910 e. The van der Waals surface area contributed by atoms with E-state index in [2.05, 4.69) is 38.4 Å². The maximum atomic E-state index is 4.41. The Labute approximate surface area is 92.7 Å². The van der Waals surface area contributed by atoms with Gasteiger partial charge >= 0.3 is 0 Å². The number of aromatic nitrogens is 2. The van der Waals surface area contributed by atoms with Crippen molar-refractivity contribution in [3.8, 4) is 0 Å². The number of fused-ring (bicyclic) bond motifs is 1. The van der Waals surface area contributed by atoms with Crippen LogP contribution in [0.4, 0.5) is 0 Å². The third-order valence-electron chi connectivity index (χ3n) is 2.82. The Balaban J connectivity index is 2.14. The van der Waals surface area contributed by atoms with Gasteiger partial charge in [-0.05, 0) is 42.6 Å². The van der Waals surface area contributed by atoms with Crippen LogP contribution < -0.4 is 0 Å². The molecule has 0 amide bonds. The lowest BCUT2D eigenvalue weighted by Gasteiger charge is -2.06. The van der Waals surface area contributed by atoms with Crippen LogP contribution in [-0.2, 0) is 6.42 Å². The van der Waals surface area contributed by atoms with E-state index in [1.54, 1.807) is 0 Å². The number of hydrogen-bond acceptors (Lipinski definition) is 1. The highest BCUT2D eigenvalue weighted by atomic mass is 31.0. The van der Waals surface area contributed by atoms with Gasteiger partial charge in [0.2, 0.25) is 0 Å². The summed E-state index contributed by atoms with van der Waals surface area (Å²) < 4.78 is 0. The van der Waals surface area contributed by atoms with E-state index in [1.807, 2.05) is 12.3 Å². The first-order valence-electron chi connectivity index (χ1n) is 5.42. The largest absolute Gasteiger partial charge is 0.360 e. The van der Waals surface area contributed by atoms with Crippen molar-refractivity contribution in [1.82, 2.24) is 9.97 Å². The minimum Gasteiger partial charge on any atom is -0.360 e. The van der Waals surface area contributed by atoms with Crippen molar-refractivity contribution >= 4 is 20.3 Å². The fourth-order valence-corrected chi connectivity index (χ4v) is 1.96. The molecule has 0 bridgehead atoms. The molecule has 2 nitrogen and oxygen atoms in total. The molecule has 0 saturated carbocycles. The normalized spacial score (nSPS) is 13.2. The summed E-state index contributed by atoms with van der Waals surface area (Å²) in [5.41, 5.74) is 3.62. The van der Waals surface area contributed by atoms with Crippen molar-refractivity contribution in [2.45, 2.75) is 19.8 Å². The molecule has 0 saturated heterocycles. The molecular weight excluding hydrogens is 203 g/mol. The number of aryl methyl sites for hydroxylation is 1. The maximum absolute atomic E-state index is 4.41. The molecule has 0 spiro atoms. The van der Waals surface area contributed by atoms with Gasteiger partial charge in [-0.15, -0.1) is 9.24 Å². The second kappa shape index (κ2) is 4.76. The molecule has 2 atom stereocenters. The lowest BCUT2D eigenvalue weighted by Crippen LogP contribution is -1.97. The van der Waals surface area contributed by atoms with Crippen molar-refractivity contribution in [2.24, 2.45) is 5.92 Å². The Morgan fingerprint density at radius 2 is 2.40 bits per heavy atom. The van der Waals surface area contributed by atoms with E-state index in [0.29, 0.717) is 0 Å². The van der Waals surface area contributed by atoms with Gasteiger partial charge in [-0.1, -0.05) is 6.92 Å². The Morgan fingerprint density at radius 1 is 1.53 bits per heavy atom. The lowest BCUT2D eigenvalue weighted by molar-refractivity contribution is 0.597. The van der Waals surface area contributed by atoms with E-state index >= 15 is 0 Å². The minimum absolute atomic E-state index is 0.767. The number of pyridine rings is 1. The van der Waals surface area contributed by atoms with Gasteiger partial charge in [-0.25, -0.2) is 0 Å².